The van der Waals surface area contributed by atoms with Crippen LogP contribution in [0, 0.1) is 0 Å². The zero-order valence-electron chi connectivity index (χ0n) is 16.0. The van der Waals surface area contributed by atoms with Gasteiger partial charge in [-0.2, -0.15) is 9.97 Å². The Kier molecular flexibility index (Phi) is 5.18. The third-order valence-corrected chi connectivity index (χ3v) is 4.66. The maximum atomic E-state index is 13.0. The molecule has 0 spiro atoms. The van der Waals surface area contributed by atoms with E-state index < -0.39 is 0 Å². The minimum absolute atomic E-state index is 0.110. The number of aromatic nitrogens is 6. The van der Waals surface area contributed by atoms with Gasteiger partial charge in [-0.1, -0.05) is 6.07 Å². The number of anilines is 2. The lowest BCUT2D eigenvalue weighted by molar-refractivity contribution is 0.0761. The molecule has 1 fully saturated rings. The molecule has 0 atom stereocenters. The molecule has 150 valence electrons. The van der Waals surface area contributed by atoms with Gasteiger partial charge in [0.25, 0.3) is 5.91 Å². The summed E-state index contributed by atoms with van der Waals surface area (Å²) in [5.41, 5.74) is 6.16. The number of nitrogens with two attached hydrogens (primary N) is 1. The molecule has 4 rings (SSSR count). The number of carbonyl (C=O) groups is 1. The number of rotatable bonds is 4. The molecule has 2 N–H and O–H groups in total. The highest BCUT2D eigenvalue weighted by molar-refractivity contribution is 5.92. The quantitative estimate of drug-likeness (QED) is 0.667. The summed E-state index contributed by atoms with van der Waals surface area (Å²) in [6.07, 6.45) is 3.88. The maximum Gasteiger partial charge on any atom is 0.272 e. The molecular formula is C18H21N9O2. The van der Waals surface area contributed by atoms with Crippen LogP contribution in [0.3, 0.4) is 0 Å². The molecule has 0 unspecified atom stereocenters. The summed E-state index contributed by atoms with van der Waals surface area (Å²) in [7, 11) is 1.54. The molecule has 3 aromatic rings. The molecule has 11 nitrogen and oxygen atoms in total. The summed E-state index contributed by atoms with van der Waals surface area (Å²) in [6, 6.07) is 7.07. The molecule has 29 heavy (non-hydrogen) atoms. The van der Waals surface area contributed by atoms with Crippen molar-refractivity contribution in [2.75, 3.05) is 43.9 Å². The molecule has 11 heteroatoms. The average molecular weight is 395 g/mol. The van der Waals surface area contributed by atoms with Gasteiger partial charge in [-0.15, -0.1) is 10.2 Å². The number of amides is 1. The van der Waals surface area contributed by atoms with Crippen LogP contribution in [-0.2, 0) is 0 Å². The van der Waals surface area contributed by atoms with E-state index in [0.29, 0.717) is 42.8 Å². The van der Waals surface area contributed by atoms with Crippen molar-refractivity contribution >= 4 is 17.7 Å². The third kappa shape index (κ3) is 4.08. The summed E-state index contributed by atoms with van der Waals surface area (Å²) in [6.45, 7) is 2.54. The molecule has 4 heterocycles. The van der Waals surface area contributed by atoms with Crippen molar-refractivity contribution in [2.24, 2.45) is 0 Å². The lowest BCUT2D eigenvalue weighted by atomic mass is 10.3. The van der Waals surface area contributed by atoms with Crippen molar-refractivity contribution in [3.63, 3.8) is 0 Å². The van der Waals surface area contributed by atoms with Crippen LogP contribution >= 0.6 is 0 Å². The lowest BCUT2D eigenvalue weighted by Crippen LogP contribution is -2.36. The monoisotopic (exact) mass is 395 g/mol. The van der Waals surface area contributed by atoms with E-state index in [1.165, 1.54) is 7.11 Å². The Morgan fingerprint density at radius 2 is 1.86 bits per heavy atom. The van der Waals surface area contributed by atoms with Crippen LogP contribution in [-0.4, -0.2) is 73.8 Å². The number of ether oxygens (including phenoxy) is 1. The first-order valence-corrected chi connectivity index (χ1v) is 9.19. The smallest absolute Gasteiger partial charge is 0.272 e. The first-order chi connectivity index (χ1) is 14.1. The largest absolute Gasteiger partial charge is 0.481 e. The van der Waals surface area contributed by atoms with E-state index in [0.717, 1.165) is 13.0 Å². The zero-order valence-corrected chi connectivity index (χ0v) is 16.0. The predicted molar refractivity (Wildman–Crippen MR) is 105 cm³/mol. The van der Waals surface area contributed by atoms with Gasteiger partial charge < -0.3 is 20.3 Å². The molecule has 3 aromatic heterocycles. The summed E-state index contributed by atoms with van der Waals surface area (Å²) in [5.74, 6) is 1.75. The van der Waals surface area contributed by atoms with Gasteiger partial charge in [0.2, 0.25) is 11.8 Å². The third-order valence-electron chi connectivity index (χ3n) is 4.66. The predicted octanol–water partition coefficient (Wildman–Crippen LogP) is 0.396. The van der Waals surface area contributed by atoms with Crippen molar-refractivity contribution in [3.8, 4) is 11.7 Å². The number of hydrogen-bond donors (Lipinski definition) is 1. The average Bonchev–Trinajstić information content (AvgIpc) is 3.17. The van der Waals surface area contributed by atoms with Gasteiger partial charge in [-0.05, 0) is 18.6 Å². The number of pyridine rings is 1. The Morgan fingerprint density at radius 3 is 2.66 bits per heavy atom. The summed E-state index contributed by atoms with van der Waals surface area (Å²) in [4.78, 5) is 29.7. The number of nitrogen functional groups attached to an aromatic ring is 1. The fraction of sp³-hybridized carbons (Fsp3) is 0.333. The first kappa shape index (κ1) is 18.6. The maximum absolute atomic E-state index is 13.0. The Balaban J connectivity index is 1.48. The fourth-order valence-electron chi connectivity index (χ4n) is 3.21. The number of carbonyl (C=O) groups excluding carboxylic acids is 1. The van der Waals surface area contributed by atoms with E-state index in [2.05, 4.69) is 30.0 Å². The van der Waals surface area contributed by atoms with Crippen LogP contribution in [0.5, 0.6) is 5.88 Å². The highest BCUT2D eigenvalue weighted by Gasteiger charge is 2.23. The van der Waals surface area contributed by atoms with E-state index in [1.807, 2.05) is 0 Å². The van der Waals surface area contributed by atoms with E-state index in [-0.39, 0.29) is 11.9 Å². The van der Waals surface area contributed by atoms with Gasteiger partial charge in [0.05, 0.1) is 7.11 Å². The minimum Gasteiger partial charge on any atom is -0.481 e. The van der Waals surface area contributed by atoms with Crippen LogP contribution < -0.4 is 15.4 Å². The van der Waals surface area contributed by atoms with Crippen molar-refractivity contribution in [3.05, 3.63) is 42.6 Å². The van der Waals surface area contributed by atoms with Crippen molar-refractivity contribution in [2.45, 2.75) is 6.42 Å². The van der Waals surface area contributed by atoms with Gasteiger partial charge >= 0.3 is 0 Å². The van der Waals surface area contributed by atoms with E-state index in [9.17, 15) is 4.79 Å². The Morgan fingerprint density at radius 1 is 1.03 bits per heavy atom. The molecule has 0 saturated carbocycles. The molecule has 1 amide bonds. The zero-order chi connectivity index (χ0) is 20.2. The molecule has 1 aliphatic rings. The van der Waals surface area contributed by atoms with Crippen LogP contribution in [0.4, 0.5) is 11.8 Å². The van der Waals surface area contributed by atoms with Crippen LogP contribution in [0.15, 0.2) is 36.9 Å². The molecule has 0 aromatic carbocycles. The highest BCUT2D eigenvalue weighted by Crippen LogP contribution is 2.20. The van der Waals surface area contributed by atoms with Gasteiger partial charge in [-0.3, -0.25) is 9.36 Å². The second-order valence-electron chi connectivity index (χ2n) is 6.51. The highest BCUT2D eigenvalue weighted by atomic mass is 16.5. The number of nitrogens with zero attached hydrogens (tertiary/aromatic N) is 8. The van der Waals surface area contributed by atoms with Crippen LogP contribution in [0.1, 0.15) is 16.9 Å². The standard InChI is InChI=1S/C18H21N9O2/c1-29-16-10-15(23-18(19)24-16)25-6-3-7-26(9-8-25)17(28)13-4-2-5-14(22-13)27-11-20-21-12-27/h2,4-5,10-12H,3,6-9H2,1H3,(H2,19,23,24). The fourth-order valence-corrected chi connectivity index (χ4v) is 3.21. The first-order valence-electron chi connectivity index (χ1n) is 9.19. The van der Waals surface area contributed by atoms with Crippen LogP contribution in [0.2, 0.25) is 0 Å². The lowest BCUT2D eigenvalue weighted by Gasteiger charge is -2.23. The molecule has 1 aliphatic heterocycles. The second-order valence-corrected chi connectivity index (χ2v) is 6.51. The topological polar surface area (TPSA) is 128 Å². The van der Waals surface area contributed by atoms with Crippen LogP contribution in [0.25, 0.3) is 5.82 Å². The van der Waals surface area contributed by atoms with E-state index in [1.54, 1.807) is 46.4 Å². The molecular weight excluding hydrogens is 374 g/mol. The van der Waals surface area contributed by atoms with Crippen molar-refractivity contribution < 1.29 is 9.53 Å². The Bertz CT molecular complexity index is 993. The number of hydrogen-bond acceptors (Lipinski definition) is 9. The van der Waals surface area contributed by atoms with E-state index in [4.69, 9.17) is 10.5 Å². The Labute approximate surface area is 167 Å². The van der Waals surface area contributed by atoms with Gasteiger partial charge in [0.15, 0.2) is 0 Å². The van der Waals surface area contributed by atoms with Gasteiger partial charge in [0.1, 0.15) is 30.0 Å². The number of methoxy groups -OCH3 is 1. The summed E-state index contributed by atoms with van der Waals surface area (Å²) < 4.78 is 6.84. The second kappa shape index (κ2) is 8.09. The molecule has 1 saturated heterocycles. The van der Waals surface area contributed by atoms with Crippen molar-refractivity contribution in [1.82, 2.24) is 34.6 Å². The van der Waals surface area contributed by atoms with Crippen molar-refractivity contribution in [1.29, 1.82) is 0 Å². The summed E-state index contributed by atoms with van der Waals surface area (Å²) >= 11 is 0. The van der Waals surface area contributed by atoms with Gasteiger partial charge in [-0.25, -0.2) is 4.98 Å². The minimum atomic E-state index is -0.110. The summed E-state index contributed by atoms with van der Waals surface area (Å²) in [5, 5.41) is 7.55. The van der Waals surface area contributed by atoms with E-state index >= 15 is 0 Å². The molecule has 0 radical (unpaired) electrons. The molecule has 0 bridgehead atoms. The SMILES string of the molecule is COc1cc(N2CCCN(C(=O)c3cccc(-n4cnnc4)n3)CC2)nc(N)n1. The molecule has 0 aliphatic carbocycles. The van der Waals surface area contributed by atoms with Gasteiger partial charge in [0, 0.05) is 32.2 Å². The normalized spacial score (nSPS) is 14.5. The Hall–Kier alpha value is -3.76.